The van der Waals surface area contributed by atoms with E-state index in [9.17, 15) is 0 Å². The number of piperidine rings is 1. The van der Waals surface area contributed by atoms with E-state index in [-0.39, 0.29) is 5.60 Å². The summed E-state index contributed by atoms with van der Waals surface area (Å²) in [5.41, 5.74) is 3.35. The molecule has 2 saturated heterocycles. The van der Waals surface area contributed by atoms with Crippen LogP contribution in [0.2, 0.25) is 0 Å². The molecule has 0 saturated carbocycles. The quantitative estimate of drug-likeness (QED) is 0.790. The van der Waals surface area contributed by atoms with Crippen molar-refractivity contribution >= 4 is 11.0 Å². The molecule has 0 unspecified atom stereocenters. The van der Waals surface area contributed by atoms with E-state index in [0.29, 0.717) is 5.92 Å². The Morgan fingerprint density at radius 3 is 2.92 bits per heavy atom. The monoisotopic (exact) mass is 348 g/mol. The van der Waals surface area contributed by atoms with E-state index in [0.717, 1.165) is 67.9 Å². The van der Waals surface area contributed by atoms with Gasteiger partial charge in [-0.2, -0.15) is 0 Å². The molecule has 3 aromatic rings. The second-order valence-corrected chi connectivity index (χ2v) is 7.61. The van der Waals surface area contributed by atoms with Crippen LogP contribution in [-0.2, 0) is 11.2 Å². The molecule has 1 aromatic carbocycles. The molecule has 134 valence electrons. The SMILES string of the molecule is c1cc(C[C@H]2COC3(CCNCC3)C2)nc(-n2cnc3ccccc32)c1. The van der Waals surface area contributed by atoms with Crippen molar-refractivity contribution in [3.8, 4) is 5.82 Å². The van der Waals surface area contributed by atoms with Gasteiger partial charge in [0.25, 0.3) is 0 Å². The van der Waals surface area contributed by atoms with Crippen molar-refractivity contribution in [2.75, 3.05) is 19.7 Å². The summed E-state index contributed by atoms with van der Waals surface area (Å²) in [6.45, 7) is 3.02. The van der Waals surface area contributed by atoms with Gasteiger partial charge in [-0.15, -0.1) is 0 Å². The summed E-state index contributed by atoms with van der Waals surface area (Å²) in [5.74, 6) is 1.50. The third kappa shape index (κ3) is 2.91. The molecule has 2 aromatic heterocycles. The van der Waals surface area contributed by atoms with E-state index in [4.69, 9.17) is 9.72 Å². The van der Waals surface area contributed by atoms with Gasteiger partial charge in [0.1, 0.15) is 12.1 Å². The number of benzene rings is 1. The average Bonchev–Trinajstić information content (AvgIpc) is 3.27. The fraction of sp³-hybridized carbons (Fsp3) is 0.429. The van der Waals surface area contributed by atoms with E-state index < -0.39 is 0 Å². The topological polar surface area (TPSA) is 52.0 Å². The number of nitrogens with one attached hydrogen (secondary N) is 1. The molecule has 0 aliphatic carbocycles. The van der Waals surface area contributed by atoms with Gasteiger partial charge in [-0.3, -0.25) is 4.57 Å². The highest BCUT2D eigenvalue weighted by Crippen LogP contribution is 2.38. The number of rotatable bonds is 3. The molecule has 0 amide bonds. The van der Waals surface area contributed by atoms with Crippen molar-refractivity contribution in [3.63, 3.8) is 0 Å². The number of aromatic nitrogens is 3. The highest BCUT2D eigenvalue weighted by molar-refractivity contribution is 5.76. The molecule has 0 radical (unpaired) electrons. The van der Waals surface area contributed by atoms with Crippen molar-refractivity contribution in [1.29, 1.82) is 0 Å². The summed E-state index contributed by atoms with van der Waals surface area (Å²) in [4.78, 5) is 9.40. The number of fused-ring (bicyclic) bond motifs is 1. The second kappa shape index (κ2) is 6.49. The Hall–Kier alpha value is -2.24. The van der Waals surface area contributed by atoms with Crippen molar-refractivity contribution in [2.24, 2.45) is 5.92 Å². The highest BCUT2D eigenvalue weighted by atomic mass is 16.5. The summed E-state index contributed by atoms with van der Waals surface area (Å²) in [7, 11) is 0. The van der Waals surface area contributed by atoms with Crippen molar-refractivity contribution in [3.05, 3.63) is 54.5 Å². The average molecular weight is 348 g/mol. The molecule has 1 N–H and O–H groups in total. The summed E-state index contributed by atoms with van der Waals surface area (Å²) < 4.78 is 8.31. The van der Waals surface area contributed by atoms with Crippen LogP contribution in [0.4, 0.5) is 0 Å². The van der Waals surface area contributed by atoms with Gasteiger partial charge in [-0.25, -0.2) is 9.97 Å². The molecule has 2 aliphatic rings. The van der Waals surface area contributed by atoms with Gasteiger partial charge in [0.15, 0.2) is 0 Å². The van der Waals surface area contributed by atoms with Crippen LogP contribution in [0.1, 0.15) is 25.0 Å². The lowest BCUT2D eigenvalue weighted by atomic mass is 9.85. The number of hydrogen-bond donors (Lipinski definition) is 1. The Kier molecular flexibility index (Phi) is 3.98. The first-order valence-corrected chi connectivity index (χ1v) is 9.54. The number of ether oxygens (including phenoxy) is 1. The molecule has 2 fully saturated rings. The van der Waals surface area contributed by atoms with Gasteiger partial charge in [0.05, 0.1) is 23.2 Å². The van der Waals surface area contributed by atoms with Gasteiger partial charge >= 0.3 is 0 Å². The molecule has 0 bridgehead atoms. The van der Waals surface area contributed by atoms with Crippen LogP contribution in [0.3, 0.4) is 0 Å². The zero-order chi connectivity index (χ0) is 17.4. The van der Waals surface area contributed by atoms with Crippen LogP contribution in [-0.4, -0.2) is 39.8 Å². The van der Waals surface area contributed by atoms with Crippen LogP contribution in [0.5, 0.6) is 0 Å². The van der Waals surface area contributed by atoms with Gasteiger partial charge in [0.2, 0.25) is 0 Å². The first kappa shape index (κ1) is 16.0. The highest BCUT2D eigenvalue weighted by Gasteiger charge is 2.41. The summed E-state index contributed by atoms with van der Waals surface area (Å²) in [5, 5.41) is 3.44. The van der Waals surface area contributed by atoms with E-state index in [1.165, 1.54) is 0 Å². The molecule has 26 heavy (non-hydrogen) atoms. The minimum Gasteiger partial charge on any atom is -0.375 e. The van der Waals surface area contributed by atoms with Crippen molar-refractivity contribution in [2.45, 2.75) is 31.3 Å². The third-order valence-corrected chi connectivity index (χ3v) is 5.79. The maximum absolute atomic E-state index is 6.24. The largest absolute Gasteiger partial charge is 0.375 e. The Morgan fingerprint density at radius 2 is 2.00 bits per heavy atom. The standard InChI is InChI=1S/C21H24N4O/c1-2-6-19-18(5-1)23-15-25(19)20-7-3-4-17(24-20)12-16-13-21(26-14-16)8-10-22-11-9-21/h1-7,15-16,22H,8-14H2/t16-/m1/s1. The summed E-state index contributed by atoms with van der Waals surface area (Å²) >= 11 is 0. The molecule has 4 heterocycles. The zero-order valence-corrected chi connectivity index (χ0v) is 14.9. The Balaban J connectivity index is 1.36. The summed E-state index contributed by atoms with van der Waals surface area (Å²) in [6.07, 6.45) is 6.28. The molecular weight excluding hydrogens is 324 g/mol. The van der Waals surface area contributed by atoms with Crippen molar-refractivity contribution in [1.82, 2.24) is 19.9 Å². The van der Waals surface area contributed by atoms with Crippen molar-refractivity contribution < 1.29 is 4.74 Å². The van der Waals surface area contributed by atoms with Gasteiger partial charge in [-0.05, 0) is 69.0 Å². The zero-order valence-electron chi connectivity index (χ0n) is 14.9. The lowest BCUT2D eigenvalue weighted by Crippen LogP contribution is -2.41. The Bertz CT molecular complexity index is 913. The van der Waals surface area contributed by atoms with E-state index in [1.807, 2.05) is 24.5 Å². The van der Waals surface area contributed by atoms with Crippen LogP contribution in [0.15, 0.2) is 48.8 Å². The fourth-order valence-electron chi connectivity index (χ4n) is 4.45. The predicted molar refractivity (Wildman–Crippen MR) is 101 cm³/mol. The van der Waals surface area contributed by atoms with Crippen LogP contribution < -0.4 is 5.32 Å². The maximum Gasteiger partial charge on any atom is 0.138 e. The van der Waals surface area contributed by atoms with E-state index in [2.05, 4.69) is 39.1 Å². The van der Waals surface area contributed by atoms with E-state index in [1.54, 1.807) is 0 Å². The molecule has 5 heteroatoms. The first-order valence-electron chi connectivity index (χ1n) is 9.54. The molecule has 2 aliphatic heterocycles. The predicted octanol–water partition coefficient (Wildman–Crippen LogP) is 3.12. The Morgan fingerprint density at radius 1 is 1.12 bits per heavy atom. The number of hydrogen-bond acceptors (Lipinski definition) is 4. The first-order chi connectivity index (χ1) is 12.8. The van der Waals surface area contributed by atoms with Gasteiger partial charge < -0.3 is 10.1 Å². The number of imidazole rings is 1. The molecule has 1 atom stereocenters. The number of pyridine rings is 1. The number of nitrogens with zero attached hydrogens (tertiary/aromatic N) is 3. The second-order valence-electron chi connectivity index (χ2n) is 7.61. The lowest BCUT2D eigenvalue weighted by Gasteiger charge is -2.33. The molecule has 5 nitrogen and oxygen atoms in total. The lowest BCUT2D eigenvalue weighted by molar-refractivity contribution is -0.0196. The van der Waals surface area contributed by atoms with Gasteiger partial charge in [0, 0.05) is 5.69 Å². The van der Waals surface area contributed by atoms with E-state index >= 15 is 0 Å². The minimum absolute atomic E-state index is 0.119. The number of para-hydroxylation sites is 2. The molecule has 1 spiro atoms. The summed E-state index contributed by atoms with van der Waals surface area (Å²) in [6, 6.07) is 14.5. The third-order valence-electron chi connectivity index (χ3n) is 5.79. The Labute approximate surface area is 153 Å². The minimum atomic E-state index is 0.119. The molecular formula is C21H24N4O. The normalized spacial score (nSPS) is 22.2. The fourth-order valence-corrected chi connectivity index (χ4v) is 4.45. The smallest absolute Gasteiger partial charge is 0.138 e. The van der Waals surface area contributed by atoms with Crippen LogP contribution >= 0.6 is 0 Å². The molecule has 5 rings (SSSR count). The van der Waals surface area contributed by atoms with Gasteiger partial charge in [-0.1, -0.05) is 18.2 Å². The van der Waals surface area contributed by atoms with Crippen LogP contribution in [0.25, 0.3) is 16.9 Å². The van der Waals surface area contributed by atoms with Crippen LogP contribution in [0, 0.1) is 5.92 Å². The maximum atomic E-state index is 6.24.